The lowest BCUT2D eigenvalue weighted by molar-refractivity contribution is 0.0518. The summed E-state index contributed by atoms with van der Waals surface area (Å²) in [6.45, 7) is 9.15. The molecule has 2 fully saturated rings. The van der Waals surface area contributed by atoms with Crippen molar-refractivity contribution in [3.63, 3.8) is 0 Å². The van der Waals surface area contributed by atoms with Crippen molar-refractivity contribution in [2.24, 2.45) is 11.8 Å². The lowest BCUT2D eigenvalue weighted by atomic mass is 9.73. The third-order valence-electron chi connectivity index (χ3n) is 5.37. The Morgan fingerprint density at radius 1 is 1.19 bits per heavy atom. The minimum atomic E-state index is 0.355. The highest BCUT2D eigenvalue weighted by molar-refractivity contribution is 5.54. The van der Waals surface area contributed by atoms with Crippen molar-refractivity contribution in [3.8, 4) is 5.75 Å². The van der Waals surface area contributed by atoms with Gasteiger partial charge in [0.2, 0.25) is 0 Å². The Balaban J connectivity index is 1.76. The molecule has 1 saturated carbocycles. The molecular weight excluding hydrogens is 260 g/mol. The van der Waals surface area contributed by atoms with E-state index in [1.165, 1.54) is 38.0 Å². The zero-order valence-electron chi connectivity index (χ0n) is 13.5. The predicted octanol–water partition coefficient (Wildman–Crippen LogP) is 3.62. The first-order valence-electron chi connectivity index (χ1n) is 8.35. The molecule has 1 aliphatic heterocycles. The number of benzene rings is 1. The normalized spacial score (nSPS) is 29.6. The van der Waals surface area contributed by atoms with Crippen LogP contribution in [0.25, 0.3) is 0 Å². The Hall–Kier alpha value is -1.22. The number of fused-ring (bicyclic) bond motifs is 2. The molecule has 0 spiro atoms. The maximum Gasteiger partial charge on any atom is 0.115 e. The first-order chi connectivity index (χ1) is 10.0. The molecule has 1 heterocycles. The Morgan fingerprint density at radius 2 is 1.86 bits per heavy atom. The maximum atomic E-state index is 9.57. The van der Waals surface area contributed by atoms with E-state index >= 15 is 0 Å². The fraction of sp³-hybridized carbons (Fsp3) is 0.667. The summed E-state index contributed by atoms with van der Waals surface area (Å²) in [6, 6.07) is 6.91. The van der Waals surface area contributed by atoms with Gasteiger partial charge in [-0.3, -0.25) is 0 Å². The van der Waals surface area contributed by atoms with Crippen molar-refractivity contribution in [2.75, 3.05) is 18.4 Å². The molecule has 116 valence electrons. The lowest BCUT2D eigenvalue weighted by Gasteiger charge is -2.49. The zero-order valence-corrected chi connectivity index (χ0v) is 13.5. The standard InChI is InChI=1S/C18H28N2O/c1-12(2)20-10-14-5-4-6-15(11-20)18(14)19-17-8-7-16(21)9-13(17)3/h7-9,12,14-15,18-19,21H,4-6,10-11H2,1-3H3. The third kappa shape index (κ3) is 3.03. The van der Waals surface area contributed by atoms with Crippen LogP contribution in [0, 0.1) is 18.8 Å². The van der Waals surface area contributed by atoms with Gasteiger partial charge < -0.3 is 15.3 Å². The van der Waals surface area contributed by atoms with Crippen molar-refractivity contribution in [3.05, 3.63) is 23.8 Å². The fourth-order valence-corrected chi connectivity index (χ4v) is 4.12. The highest BCUT2D eigenvalue weighted by Crippen LogP contribution is 2.38. The van der Waals surface area contributed by atoms with E-state index in [1.807, 2.05) is 12.1 Å². The quantitative estimate of drug-likeness (QED) is 0.834. The van der Waals surface area contributed by atoms with Crippen molar-refractivity contribution < 1.29 is 5.11 Å². The molecule has 1 saturated heterocycles. The van der Waals surface area contributed by atoms with Crippen molar-refractivity contribution in [1.82, 2.24) is 4.90 Å². The van der Waals surface area contributed by atoms with Crippen LogP contribution in [0.3, 0.4) is 0 Å². The number of phenols is 1. The predicted molar refractivity (Wildman–Crippen MR) is 87.8 cm³/mol. The van der Waals surface area contributed by atoms with Gasteiger partial charge in [-0.2, -0.15) is 0 Å². The number of piperidine rings is 1. The fourth-order valence-electron chi connectivity index (χ4n) is 4.12. The van der Waals surface area contributed by atoms with Gasteiger partial charge in [-0.05, 0) is 69.2 Å². The number of hydrogen-bond acceptors (Lipinski definition) is 3. The van der Waals surface area contributed by atoms with E-state index in [4.69, 9.17) is 0 Å². The zero-order chi connectivity index (χ0) is 15.0. The van der Waals surface area contributed by atoms with Crippen molar-refractivity contribution in [1.29, 1.82) is 0 Å². The van der Waals surface area contributed by atoms with Crippen LogP contribution in [0.5, 0.6) is 5.75 Å². The van der Waals surface area contributed by atoms with E-state index in [2.05, 4.69) is 31.0 Å². The Bertz CT molecular complexity index is 486. The number of phenolic OH excluding ortho intramolecular Hbond substituents is 1. The Labute approximate surface area is 128 Å². The Morgan fingerprint density at radius 3 is 2.43 bits per heavy atom. The van der Waals surface area contributed by atoms with Crippen molar-refractivity contribution >= 4 is 5.69 Å². The van der Waals surface area contributed by atoms with Crippen LogP contribution in [0.2, 0.25) is 0 Å². The second kappa shape index (κ2) is 5.88. The Kier molecular flexibility index (Phi) is 4.12. The number of nitrogens with zero attached hydrogens (tertiary/aromatic N) is 1. The van der Waals surface area contributed by atoms with E-state index in [1.54, 1.807) is 6.07 Å². The highest BCUT2D eigenvalue weighted by atomic mass is 16.3. The number of nitrogens with one attached hydrogen (secondary N) is 1. The van der Waals surface area contributed by atoms with E-state index < -0.39 is 0 Å². The van der Waals surface area contributed by atoms with Gasteiger partial charge in [0.1, 0.15) is 5.75 Å². The largest absolute Gasteiger partial charge is 0.508 e. The van der Waals surface area contributed by atoms with E-state index in [-0.39, 0.29) is 0 Å². The van der Waals surface area contributed by atoms with Crippen molar-refractivity contribution in [2.45, 2.75) is 52.1 Å². The topological polar surface area (TPSA) is 35.5 Å². The van der Waals surface area contributed by atoms with Crippen LogP contribution in [0.1, 0.15) is 38.7 Å². The number of hydrogen-bond donors (Lipinski definition) is 2. The first-order valence-corrected chi connectivity index (χ1v) is 8.35. The highest BCUT2D eigenvalue weighted by Gasteiger charge is 2.40. The average Bonchev–Trinajstić information content (AvgIpc) is 2.41. The van der Waals surface area contributed by atoms with Crippen LogP contribution in [-0.2, 0) is 0 Å². The van der Waals surface area contributed by atoms with Crippen LogP contribution < -0.4 is 5.32 Å². The summed E-state index contributed by atoms with van der Waals surface area (Å²) >= 11 is 0. The summed E-state index contributed by atoms with van der Waals surface area (Å²) in [7, 11) is 0. The molecule has 0 amide bonds. The van der Waals surface area contributed by atoms with E-state index in [0.717, 1.165) is 17.4 Å². The minimum Gasteiger partial charge on any atom is -0.508 e. The molecule has 2 bridgehead atoms. The van der Waals surface area contributed by atoms with E-state index in [9.17, 15) is 5.11 Å². The molecule has 21 heavy (non-hydrogen) atoms. The molecule has 2 aliphatic rings. The molecule has 1 aliphatic carbocycles. The summed E-state index contributed by atoms with van der Waals surface area (Å²) in [5.41, 5.74) is 2.33. The average molecular weight is 288 g/mol. The number of aromatic hydroxyl groups is 1. The molecular formula is C18H28N2O. The SMILES string of the molecule is Cc1cc(O)ccc1NC1C2CCCC1CN(C(C)C)C2. The van der Waals surface area contributed by atoms with Gasteiger partial charge in [-0.25, -0.2) is 0 Å². The molecule has 1 aromatic carbocycles. The monoisotopic (exact) mass is 288 g/mol. The van der Waals surface area contributed by atoms with Gasteiger partial charge in [0.15, 0.2) is 0 Å². The van der Waals surface area contributed by atoms with E-state index in [0.29, 0.717) is 17.8 Å². The maximum absolute atomic E-state index is 9.57. The van der Waals surface area contributed by atoms with Gasteiger partial charge in [-0.1, -0.05) is 6.42 Å². The van der Waals surface area contributed by atoms with Gasteiger partial charge in [-0.15, -0.1) is 0 Å². The van der Waals surface area contributed by atoms with Crippen LogP contribution in [0.4, 0.5) is 5.69 Å². The van der Waals surface area contributed by atoms with Crippen LogP contribution in [0.15, 0.2) is 18.2 Å². The lowest BCUT2D eigenvalue weighted by Crippen LogP contribution is -2.56. The molecule has 0 radical (unpaired) electrons. The van der Waals surface area contributed by atoms with Crippen LogP contribution >= 0.6 is 0 Å². The molecule has 2 N–H and O–H groups in total. The smallest absolute Gasteiger partial charge is 0.115 e. The molecule has 2 atom stereocenters. The first kappa shape index (κ1) is 14.7. The molecule has 2 unspecified atom stereocenters. The third-order valence-corrected chi connectivity index (χ3v) is 5.37. The molecule has 3 heteroatoms. The second-order valence-electron chi connectivity index (χ2n) is 7.17. The molecule has 3 nitrogen and oxygen atoms in total. The van der Waals surface area contributed by atoms with Gasteiger partial charge in [0.05, 0.1) is 0 Å². The molecule has 0 aromatic heterocycles. The molecule has 1 aromatic rings. The summed E-state index contributed by atoms with van der Waals surface area (Å²) in [4.78, 5) is 2.65. The summed E-state index contributed by atoms with van der Waals surface area (Å²) in [6.07, 6.45) is 4.07. The molecule has 3 rings (SSSR count). The van der Waals surface area contributed by atoms with Gasteiger partial charge in [0.25, 0.3) is 0 Å². The number of anilines is 1. The number of aryl methyl sites for hydroxylation is 1. The van der Waals surface area contributed by atoms with Crippen LogP contribution in [-0.4, -0.2) is 35.2 Å². The summed E-state index contributed by atoms with van der Waals surface area (Å²) in [5.74, 6) is 1.87. The number of rotatable bonds is 3. The van der Waals surface area contributed by atoms with Gasteiger partial charge in [0, 0.05) is 30.9 Å². The number of likely N-dealkylation sites (tertiary alicyclic amines) is 1. The summed E-state index contributed by atoms with van der Waals surface area (Å²) < 4.78 is 0. The minimum absolute atomic E-state index is 0.355. The second-order valence-corrected chi connectivity index (χ2v) is 7.17. The summed E-state index contributed by atoms with van der Waals surface area (Å²) in [5, 5.41) is 13.4. The van der Waals surface area contributed by atoms with Gasteiger partial charge >= 0.3 is 0 Å².